The third-order valence-corrected chi connectivity index (χ3v) is 3.39. The van der Waals surface area contributed by atoms with E-state index in [0.29, 0.717) is 13.2 Å². The van der Waals surface area contributed by atoms with E-state index < -0.39 is 5.60 Å². The molecule has 0 bridgehead atoms. The molecule has 1 saturated heterocycles. The van der Waals surface area contributed by atoms with Crippen LogP contribution in [0.2, 0.25) is 0 Å². The monoisotopic (exact) mass is 302 g/mol. The molecule has 2 atom stereocenters. The molecular weight excluding hydrogens is 272 g/mol. The maximum absolute atomic E-state index is 12.1. The zero-order valence-electron chi connectivity index (χ0n) is 14.0. The van der Waals surface area contributed by atoms with E-state index >= 15 is 0 Å². The first-order valence-corrected chi connectivity index (χ1v) is 7.58. The first-order valence-electron chi connectivity index (χ1n) is 7.58. The van der Waals surface area contributed by atoms with Crippen molar-refractivity contribution in [2.75, 3.05) is 40.5 Å². The van der Waals surface area contributed by atoms with Crippen molar-refractivity contribution in [3.8, 4) is 0 Å². The molecular formula is C15H30N2O4. The summed E-state index contributed by atoms with van der Waals surface area (Å²) in [6, 6.07) is 0.278. The van der Waals surface area contributed by atoms with Gasteiger partial charge >= 0.3 is 6.09 Å². The van der Waals surface area contributed by atoms with Gasteiger partial charge in [-0.2, -0.15) is 0 Å². The molecule has 1 aliphatic heterocycles. The van der Waals surface area contributed by atoms with Crippen molar-refractivity contribution >= 4 is 6.09 Å². The zero-order valence-corrected chi connectivity index (χ0v) is 14.0. The molecule has 1 aliphatic rings. The predicted molar refractivity (Wildman–Crippen MR) is 81.5 cm³/mol. The standard InChI is InChI=1S/C15H30N2O4/c1-15(2,3)21-14(18)17-8-6-7-12(10-17)16-9-13(20-5)11-19-4/h12-13,16H,6-11H2,1-5H3. The van der Waals surface area contributed by atoms with Gasteiger partial charge in [-0.15, -0.1) is 0 Å². The van der Waals surface area contributed by atoms with Crippen LogP contribution >= 0.6 is 0 Å². The summed E-state index contributed by atoms with van der Waals surface area (Å²) < 4.78 is 15.9. The Morgan fingerprint density at radius 3 is 2.67 bits per heavy atom. The SMILES string of the molecule is COCC(CNC1CCCN(C(=O)OC(C)(C)C)C1)OC. The first-order chi connectivity index (χ1) is 9.85. The van der Waals surface area contributed by atoms with Crippen molar-refractivity contribution in [2.45, 2.75) is 51.4 Å². The number of piperidine rings is 1. The molecule has 21 heavy (non-hydrogen) atoms. The molecule has 1 rings (SSSR count). The molecule has 0 aliphatic carbocycles. The van der Waals surface area contributed by atoms with Crippen LogP contribution in [-0.2, 0) is 14.2 Å². The van der Waals surface area contributed by atoms with Crippen molar-refractivity contribution in [3.63, 3.8) is 0 Å². The molecule has 1 N–H and O–H groups in total. The van der Waals surface area contributed by atoms with E-state index in [0.717, 1.165) is 25.9 Å². The van der Waals surface area contributed by atoms with Crippen LogP contribution in [0.15, 0.2) is 0 Å². The number of amides is 1. The summed E-state index contributed by atoms with van der Waals surface area (Å²) in [4.78, 5) is 13.9. The van der Waals surface area contributed by atoms with Gasteiger partial charge in [-0.05, 0) is 33.6 Å². The number of hydrogen-bond donors (Lipinski definition) is 1. The number of nitrogens with zero attached hydrogens (tertiary/aromatic N) is 1. The third-order valence-electron chi connectivity index (χ3n) is 3.39. The summed E-state index contributed by atoms with van der Waals surface area (Å²) in [6.45, 7) is 8.38. The molecule has 0 aromatic heterocycles. The number of carbonyl (C=O) groups is 1. The summed E-state index contributed by atoms with van der Waals surface area (Å²) >= 11 is 0. The molecule has 0 aromatic carbocycles. The number of ether oxygens (including phenoxy) is 3. The molecule has 0 aromatic rings. The molecule has 0 spiro atoms. The average Bonchev–Trinajstić information content (AvgIpc) is 2.42. The van der Waals surface area contributed by atoms with Crippen LogP contribution in [0, 0.1) is 0 Å². The lowest BCUT2D eigenvalue weighted by Crippen LogP contribution is -2.51. The average molecular weight is 302 g/mol. The minimum absolute atomic E-state index is 0.0342. The van der Waals surface area contributed by atoms with Crippen molar-refractivity contribution < 1.29 is 19.0 Å². The summed E-state index contributed by atoms with van der Waals surface area (Å²) in [5.41, 5.74) is -0.447. The van der Waals surface area contributed by atoms with Crippen molar-refractivity contribution in [3.05, 3.63) is 0 Å². The minimum atomic E-state index is -0.447. The second kappa shape index (κ2) is 8.56. The van der Waals surface area contributed by atoms with Crippen LogP contribution in [0.4, 0.5) is 4.79 Å². The Morgan fingerprint density at radius 2 is 2.10 bits per heavy atom. The fourth-order valence-corrected chi connectivity index (χ4v) is 2.33. The molecule has 1 heterocycles. The van der Waals surface area contributed by atoms with E-state index in [9.17, 15) is 4.79 Å². The maximum atomic E-state index is 12.1. The molecule has 124 valence electrons. The quantitative estimate of drug-likeness (QED) is 0.808. The normalized spacial score (nSPS) is 21.2. The maximum Gasteiger partial charge on any atom is 0.410 e. The molecule has 0 radical (unpaired) electrons. The van der Waals surface area contributed by atoms with Gasteiger partial charge in [0.25, 0.3) is 0 Å². The largest absolute Gasteiger partial charge is 0.444 e. The Morgan fingerprint density at radius 1 is 1.38 bits per heavy atom. The lowest BCUT2D eigenvalue weighted by molar-refractivity contribution is 0.0138. The number of hydrogen-bond acceptors (Lipinski definition) is 5. The van der Waals surface area contributed by atoms with Crippen LogP contribution in [-0.4, -0.2) is 69.2 Å². The number of rotatable bonds is 6. The Labute approximate surface area is 128 Å². The van der Waals surface area contributed by atoms with Gasteiger partial charge in [-0.3, -0.25) is 0 Å². The summed E-state index contributed by atoms with van der Waals surface area (Å²) in [5, 5.41) is 3.45. The lowest BCUT2D eigenvalue weighted by atomic mass is 10.1. The van der Waals surface area contributed by atoms with Crippen molar-refractivity contribution in [1.29, 1.82) is 0 Å². The van der Waals surface area contributed by atoms with Crippen molar-refractivity contribution in [2.24, 2.45) is 0 Å². The van der Waals surface area contributed by atoms with E-state index in [-0.39, 0.29) is 18.2 Å². The Hall–Kier alpha value is -0.850. The van der Waals surface area contributed by atoms with E-state index in [4.69, 9.17) is 14.2 Å². The van der Waals surface area contributed by atoms with Gasteiger partial charge in [0.15, 0.2) is 0 Å². The van der Waals surface area contributed by atoms with E-state index in [2.05, 4.69) is 5.32 Å². The Balaban J connectivity index is 2.39. The molecule has 0 saturated carbocycles. The summed E-state index contributed by atoms with van der Waals surface area (Å²) in [7, 11) is 3.34. The third kappa shape index (κ3) is 7.11. The molecule has 2 unspecified atom stereocenters. The lowest BCUT2D eigenvalue weighted by Gasteiger charge is -2.35. The highest BCUT2D eigenvalue weighted by Gasteiger charge is 2.27. The Kier molecular flexibility index (Phi) is 7.42. The molecule has 6 heteroatoms. The predicted octanol–water partition coefficient (Wildman–Crippen LogP) is 1.64. The van der Waals surface area contributed by atoms with Crippen LogP contribution < -0.4 is 5.32 Å². The number of likely N-dealkylation sites (tertiary alicyclic amines) is 1. The minimum Gasteiger partial charge on any atom is -0.444 e. The smallest absolute Gasteiger partial charge is 0.410 e. The van der Waals surface area contributed by atoms with Gasteiger partial charge in [-0.1, -0.05) is 0 Å². The molecule has 1 fully saturated rings. The van der Waals surface area contributed by atoms with E-state index in [1.807, 2.05) is 20.8 Å². The number of methoxy groups -OCH3 is 2. The van der Waals surface area contributed by atoms with Crippen LogP contribution in [0.3, 0.4) is 0 Å². The van der Waals surface area contributed by atoms with Gasteiger partial charge in [0.2, 0.25) is 0 Å². The number of nitrogens with one attached hydrogen (secondary N) is 1. The van der Waals surface area contributed by atoms with Gasteiger partial charge in [0, 0.05) is 39.9 Å². The van der Waals surface area contributed by atoms with Crippen LogP contribution in [0.5, 0.6) is 0 Å². The van der Waals surface area contributed by atoms with Crippen LogP contribution in [0.1, 0.15) is 33.6 Å². The highest BCUT2D eigenvalue weighted by atomic mass is 16.6. The van der Waals surface area contributed by atoms with E-state index in [1.54, 1.807) is 19.1 Å². The second-order valence-corrected chi connectivity index (χ2v) is 6.49. The highest BCUT2D eigenvalue weighted by molar-refractivity contribution is 5.68. The second-order valence-electron chi connectivity index (χ2n) is 6.49. The highest BCUT2D eigenvalue weighted by Crippen LogP contribution is 2.15. The molecule has 1 amide bonds. The van der Waals surface area contributed by atoms with Crippen LogP contribution in [0.25, 0.3) is 0 Å². The fourth-order valence-electron chi connectivity index (χ4n) is 2.33. The van der Waals surface area contributed by atoms with Gasteiger partial charge in [0.05, 0.1) is 12.7 Å². The van der Waals surface area contributed by atoms with Gasteiger partial charge < -0.3 is 24.4 Å². The zero-order chi connectivity index (χ0) is 15.9. The first kappa shape index (κ1) is 18.2. The summed E-state index contributed by atoms with van der Waals surface area (Å²) in [5.74, 6) is 0. The van der Waals surface area contributed by atoms with Gasteiger partial charge in [-0.25, -0.2) is 4.79 Å². The van der Waals surface area contributed by atoms with Gasteiger partial charge in [0.1, 0.15) is 5.60 Å². The van der Waals surface area contributed by atoms with Crippen molar-refractivity contribution in [1.82, 2.24) is 10.2 Å². The fraction of sp³-hybridized carbons (Fsp3) is 0.933. The topological polar surface area (TPSA) is 60.0 Å². The summed E-state index contributed by atoms with van der Waals surface area (Å²) in [6.07, 6.45) is 1.85. The molecule has 6 nitrogen and oxygen atoms in total. The number of carbonyl (C=O) groups excluding carboxylic acids is 1. The van der Waals surface area contributed by atoms with E-state index in [1.165, 1.54) is 0 Å². The Bertz CT molecular complexity index is 317.